The van der Waals surface area contributed by atoms with Gasteiger partial charge >= 0.3 is 0 Å². The Morgan fingerprint density at radius 3 is 2.60 bits per heavy atom. The highest BCUT2D eigenvalue weighted by Crippen LogP contribution is 2.44. The Morgan fingerprint density at radius 1 is 1.70 bits per heavy atom. The van der Waals surface area contributed by atoms with Crippen molar-refractivity contribution >= 4 is 0 Å². The zero-order chi connectivity index (χ0) is 7.61. The number of ether oxygens (including phenoxy) is 1. The van der Waals surface area contributed by atoms with Crippen molar-refractivity contribution in [1.82, 2.24) is 0 Å². The lowest BCUT2D eigenvalue weighted by Gasteiger charge is -2.40. The normalized spacial score (nSPS) is 38.3. The van der Waals surface area contributed by atoms with E-state index in [4.69, 9.17) is 10.00 Å². The van der Waals surface area contributed by atoms with Gasteiger partial charge in [0.1, 0.15) is 0 Å². The molecule has 0 amide bonds. The highest BCUT2D eigenvalue weighted by atomic mass is 16.5. The van der Waals surface area contributed by atoms with Gasteiger partial charge in [-0.25, -0.2) is 0 Å². The van der Waals surface area contributed by atoms with E-state index in [0.29, 0.717) is 6.61 Å². The molecule has 0 aliphatic heterocycles. The highest BCUT2D eigenvalue weighted by molar-refractivity contribution is 5.06. The van der Waals surface area contributed by atoms with Crippen molar-refractivity contribution in [2.45, 2.75) is 19.8 Å². The summed E-state index contributed by atoms with van der Waals surface area (Å²) in [5, 5.41) is 8.76. The molecule has 0 unspecified atom stereocenters. The lowest BCUT2D eigenvalue weighted by molar-refractivity contribution is 0.0276. The van der Waals surface area contributed by atoms with Crippen molar-refractivity contribution in [2.75, 3.05) is 13.7 Å². The molecular formula is C8H13NO. The fraction of sp³-hybridized carbons (Fsp3) is 0.875. The molecule has 0 aromatic carbocycles. The van der Waals surface area contributed by atoms with Crippen molar-refractivity contribution in [3.05, 3.63) is 0 Å². The Kier molecular flexibility index (Phi) is 1.96. The maximum absolute atomic E-state index is 8.76. The first kappa shape index (κ1) is 7.56. The van der Waals surface area contributed by atoms with E-state index in [1.54, 1.807) is 7.11 Å². The summed E-state index contributed by atoms with van der Waals surface area (Å²) in [5.41, 5.74) is -0.131. The van der Waals surface area contributed by atoms with Crippen LogP contribution in [0.3, 0.4) is 0 Å². The first-order valence-corrected chi connectivity index (χ1v) is 3.63. The Bertz CT molecular complexity index is 148. The van der Waals surface area contributed by atoms with Gasteiger partial charge in [-0.3, -0.25) is 0 Å². The minimum Gasteiger partial charge on any atom is -0.383 e. The van der Waals surface area contributed by atoms with Crippen molar-refractivity contribution < 1.29 is 4.74 Å². The van der Waals surface area contributed by atoms with Gasteiger partial charge in [-0.15, -0.1) is 0 Å². The molecule has 1 fully saturated rings. The van der Waals surface area contributed by atoms with Crippen molar-refractivity contribution in [2.24, 2.45) is 11.3 Å². The SMILES string of the molecule is COCC1(C#N)CC(C)C1. The van der Waals surface area contributed by atoms with Gasteiger partial charge in [-0.2, -0.15) is 5.26 Å². The fourth-order valence-corrected chi connectivity index (χ4v) is 1.79. The smallest absolute Gasteiger partial charge is 0.0811 e. The van der Waals surface area contributed by atoms with Crippen LogP contribution in [0, 0.1) is 22.7 Å². The molecule has 0 radical (unpaired) electrons. The Balaban J connectivity index is 2.42. The highest BCUT2D eigenvalue weighted by Gasteiger charge is 2.42. The van der Waals surface area contributed by atoms with E-state index < -0.39 is 0 Å². The average Bonchev–Trinajstić information content (AvgIpc) is 1.84. The van der Waals surface area contributed by atoms with E-state index in [0.717, 1.165) is 18.8 Å². The van der Waals surface area contributed by atoms with Crippen molar-refractivity contribution in [3.63, 3.8) is 0 Å². The maximum Gasteiger partial charge on any atom is 0.0811 e. The molecule has 1 aliphatic rings. The van der Waals surface area contributed by atoms with E-state index in [1.165, 1.54) is 0 Å². The van der Waals surface area contributed by atoms with Gasteiger partial charge < -0.3 is 4.74 Å². The summed E-state index contributed by atoms with van der Waals surface area (Å²) in [6.45, 7) is 2.78. The number of hydrogen-bond acceptors (Lipinski definition) is 2. The number of hydrogen-bond donors (Lipinski definition) is 0. The number of nitrogens with zero attached hydrogens (tertiary/aromatic N) is 1. The number of methoxy groups -OCH3 is 1. The van der Waals surface area contributed by atoms with Gasteiger partial charge in [0.15, 0.2) is 0 Å². The molecule has 56 valence electrons. The largest absolute Gasteiger partial charge is 0.383 e. The Hall–Kier alpha value is -0.550. The molecule has 0 saturated heterocycles. The van der Waals surface area contributed by atoms with Crippen LogP contribution in [0.25, 0.3) is 0 Å². The average molecular weight is 139 g/mol. The lowest BCUT2D eigenvalue weighted by atomic mass is 9.64. The zero-order valence-electron chi connectivity index (χ0n) is 6.55. The Morgan fingerprint density at radius 2 is 2.30 bits per heavy atom. The molecule has 1 aliphatic carbocycles. The van der Waals surface area contributed by atoms with E-state index in [9.17, 15) is 0 Å². The van der Waals surface area contributed by atoms with Crippen molar-refractivity contribution in [1.29, 1.82) is 5.26 Å². The minimum atomic E-state index is -0.131. The summed E-state index contributed by atoms with van der Waals surface area (Å²) in [6.07, 6.45) is 2.02. The molecule has 10 heavy (non-hydrogen) atoms. The third kappa shape index (κ3) is 1.15. The number of rotatable bonds is 2. The van der Waals surface area contributed by atoms with Gasteiger partial charge in [0.25, 0.3) is 0 Å². The van der Waals surface area contributed by atoms with Crippen LogP contribution in [0.4, 0.5) is 0 Å². The van der Waals surface area contributed by atoms with Crippen LogP contribution >= 0.6 is 0 Å². The third-order valence-corrected chi connectivity index (χ3v) is 2.14. The topological polar surface area (TPSA) is 33.0 Å². The molecule has 0 atom stereocenters. The monoisotopic (exact) mass is 139 g/mol. The molecule has 0 aromatic rings. The van der Waals surface area contributed by atoms with Crippen molar-refractivity contribution in [3.8, 4) is 6.07 Å². The zero-order valence-corrected chi connectivity index (χ0v) is 6.55. The van der Waals surface area contributed by atoms with E-state index in [-0.39, 0.29) is 5.41 Å². The second-order valence-corrected chi connectivity index (χ2v) is 3.34. The first-order chi connectivity index (χ1) is 4.72. The standard InChI is InChI=1S/C8H13NO/c1-7-3-8(4-7,5-9)6-10-2/h7H,3-4,6H2,1-2H3. The summed E-state index contributed by atoms with van der Waals surface area (Å²) in [4.78, 5) is 0. The predicted molar refractivity (Wildman–Crippen MR) is 38.3 cm³/mol. The minimum absolute atomic E-state index is 0.131. The predicted octanol–water partition coefficient (Wildman–Crippen LogP) is 1.57. The molecule has 0 N–H and O–H groups in total. The van der Waals surface area contributed by atoms with E-state index in [2.05, 4.69) is 13.0 Å². The third-order valence-electron chi connectivity index (χ3n) is 2.14. The molecule has 0 bridgehead atoms. The summed E-state index contributed by atoms with van der Waals surface area (Å²) in [6, 6.07) is 2.32. The van der Waals surface area contributed by atoms with Gasteiger partial charge in [0, 0.05) is 7.11 Å². The van der Waals surface area contributed by atoms with Gasteiger partial charge in [0.05, 0.1) is 18.1 Å². The molecule has 1 rings (SSSR count). The quantitative estimate of drug-likeness (QED) is 0.581. The molecule has 0 aromatic heterocycles. The number of nitriles is 1. The summed E-state index contributed by atoms with van der Waals surface area (Å²) >= 11 is 0. The molecule has 2 heteroatoms. The molecular weight excluding hydrogens is 126 g/mol. The van der Waals surface area contributed by atoms with Crippen LogP contribution in [-0.2, 0) is 4.74 Å². The van der Waals surface area contributed by atoms with Crippen LogP contribution in [0.5, 0.6) is 0 Å². The molecule has 2 nitrogen and oxygen atoms in total. The van der Waals surface area contributed by atoms with Crippen LogP contribution in [-0.4, -0.2) is 13.7 Å². The van der Waals surface area contributed by atoms with Gasteiger partial charge in [-0.05, 0) is 18.8 Å². The maximum atomic E-state index is 8.76. The fourth-order valence-electron chi connectivity index (χ4n) is 1.79. The molecule has 1 saturated carbocycles. The summed E-state index contributed by atoms with van der Waals surface area (Å²) in [7, 11) is 1.65. The van der Waals surface area contributed by atoms with Crippen LogP contribution in [0.2, 0.25) is 0 Å². The van der Waals surface area contributed by atoms with Crippen LogP contribution in [0.1, 0.15) is 19.8 Å². The summed E-state index contributed by atoms with van der Waals surface area (Å²) < 4.78 is 4.97. The van der Waals surface area contributed by atoms with Crippen LogP contribution in [0.15, 0.2) is 0 Å². The van der Waals surface area contributed by atoms with E-state index in [1.807, 2.05) is 0 Å². The molecule has 0 spiro atoms. The second kappa shape index (κ2) is 2.59. The summed E-state index contributed by atoms with van der Waals surface area (Å²) in [5.74, 6) is 0.717. The van der Waals surface area contributed by atoms with Gasteiger partial charge in [0.2, 0.25) is 0 Å². The van der Waals surface area contributed by atoms with Crippen LogP contribution < -0.4 is 0 Å². The lowest BCUT2D eigenvalue weighted by Crippen LogP contribution is -2.38. The van der Waals surface area contributed by atoms with Gasteiger partial charge in [-0.1, -0.05) is 6.92 Å². The molecule has 0 heterocycles. The van der Waals surface area contributed by atoms with E-state index >= 15 is 0 Å². The first-order valence-electron chi connectivity index (χ1n) is 3.63. The second-order valence-electron chi connectivity index (χ2n) is 3.34. The Labute approximate surface area is 61.8 Å².